The highest BCUT2D eigenvalue weighted by Gasteiger charge is 2.31. The van der Waals surface area contributed by atoms with Crippen LogP contribution in [0.4, 0.5) is 5.69 Å². The topological polar surface area (TPSA) is 33.5 Å². The van der Waals surface area contributed by atoms with Crippen LogP contribution in [0.15, 0.2) is 18.5 Å². The molecule has 1 aromatic heterocycles. The summed E-state index contributed by atoms with van der Waals surface area (Å²) in [4.78, 5) is 9.87. The van der Waals surface area contributed by atoms with Crippen molar-refractivity contribution in [1.82, 2.24) is 14.5 Å². The quantitative estimate of drug-likeness (QED) is 0.556. The first kappa shape index (κ1) is 19.0. The van der Waals surface area contributed by atoms with Crippen molar-refractivity contribution < 1.29 is 4.74 Å². The monoisotopic (exact) mass is 386 g/mol. The van der Waals surface area contributed by atoms with Crippen molar-refractivity contribution in [3.05, 3.63) is 24.0 Å². The Labute approximate surface area is 164 Å². The Kier molecular flexibility index (Phi) is 5.31. The lowest BCUT2D eigenvalue weighted by atomic mass is 10.1. The van der Waals surface area contributed by atoms with Gasteiger partial charge in [0.2, 0.25) is 0 Å². The molecule has 5 nitrogen and oxygen atoms in total. The smallest absolute Gasteiger partial charge is 0.124 e. The highest BCUT2D eigenvalue weighted by Crippen LogP contribution is 2.30. The fourth-order valence-electron chi connectivity index (χ4n) is 4.39. The summed E-state index contributed by atoms with van der Waals surface area (Å²) >= 11 is 0. The largest absolute Gasteiger partial charge is 0.368 e. The van der Waals surface area contributed by atoms with Crippen LogP contribution in [0.25, 0.3) is 11.0 Å². The molecule has 2 saturated heterocycles. The molecule has 0 aliphatic carbocycles. The first-order valence-electron chi connectivity index (χ1n) is 10.4. The van der Waals surface area contributed by atoms with Gasteiger partial charge in [0.1, 0.15) is 6.73 Å². The molecule has 148 valence electrons. The molecule has 3 heterocycles. The molecule has 0 N–H and O–H groups in total. The number of fused-ring (bicyclic) bond motifs is 2. The third-order valence-electron chi connectivity index (χ3n) is 6.09. The van der Waals surface area contributed by atoms with Gasteiger partial charge in [-0.15, -0.1) is 0 Å². The van der Waals surface area contributed by atoms with Gasteiger partial charge >= 0.3 is 0 Å². The predicted octanol–water partition coefficient (Wildman–Crippen LogP) is 3.94. The van der Waals surface area contributed by atoms with E-state index in [2.05, 4.69) is 58.0 Å². The van der Waals surface area contributed by atoms with Gasteiger partial charge in [-0.05, 0) is 50.1 Å². The maximum atomic E-state index is 5.97. The van der Waals surface area contributed by atoms with Crippen molar-refractivity contribution in [3.8, 4) is 0 Å². The summed E-state index contributed by atoms with van der Waals surface area (Å²) in [6.45, 7) is 15.6. The fraction of sp³-hybridized carbons (Fsp3) is 0.667. The second-order valence-corrected chi connectivity index (χ2v) is 15.1. The van der Waals surface area contributed by atoms with E-state index < -0.39 is 8.07 Å². The van der Waals surface area contributed by atoms with Gasteiger partial charge in [0.05, 0.1) is 17.4 Å². The number of aryl methyl sites for hydroxylation is 1. The minimum atomic E-state index is -1.04. The van der Waals surface area contributed by atoms with E-state index in [9.17, 15) is 0 Å². The van der Waals surface area contributed by atoms with Crippen LogP contribution in [0.2, 0.25) is 25.7 Å². The molecule has 2 aliphatic rings. The average molecular weight is 387 g/mol. The van der Waals surface area contributed by atoms with Crippen molar-refractivity contribution in [2.45, 2.75) is 58.2 Å². The molecule has 2 aromatic rings. The SMILES string of the molecule is Cc1cc2ncn(COCC[Si](C)(C)C)c2cc1N1CCN2CCCC2C1. The van der Waals surface area contributed by atoms with Crippen LogP contribution in [0.5, 0.6) is 0 Å². The lowest BCUT2D eigenvalue weighted by Crippen LogP contribution is -2.50. The van der Waals surface area contributed by atoms with Crippen LogP contribution < -0.4 is 4.90 Å². The molecule has 0 saturated carbocycles. The van der Waals surface area contributed by atoms with Crippen molar-refractivity contribution in [2.75, 3.05) is 37.7 Å². The molecule has 2 aliphatic heterocycles. The lowest BCUT2D eigenvalue weighted by molar-refractivity contribution is 0.0898. The highest BCUT2D eigenvalue weighted by atomic mass is 28.3. The summed E-state index contributed by atoms with van der Waals surface area (Å²) < 4.78 is 8.13. The molecule has 4 rings (SSSR count). The summed E-state index contributed by atoms with van der Waals surface area (Å²) in [5, 5.41) is 0. The van der Waals surface area contributed by atoms with Crippen LogP contribution >= 0.6 is 0 Å². The van der Waals surface area contributed by atoms with E-state index in [4.69, 9.17) is 4.74 Å². The molecule has 2 fully saturated rings. The number of hydrogen-bond acceptors (Lipinski definition) is 4. The Bertz CT molecular complexity index is 797. The van der Waals surface area contributed by atoms with Crippen LogP contribution in [0.1, 0.15) is 18.4 Å². The van der Waals surface area contributed by atoms with Gasteiger partial charge in [-0.25, -0.2) is 4.98 Å². The molecule has 1 unspecified atom stereocenters. The van der Waals surface area contributed by atoms with E-state index in [0.717, 1.165) is 31.3 Å². The van der Waals surface area contributed by atoms with E-state index in [0.29, 0.717) is 6.73 Å². The second kappa shape index (κ2) is 7.57. The van der Waals surface area contributed by atoms with E-state index in [-0.39, 0.29) is 0 Å². The number of hydrogen-bond donors (Lipinski definition) is 0. The summed E-state index contributed by atoms with van der Waals surface area (Å²) in [6.07, 6.45) is 4.63. The maximum Gasteiger partial charge on any atom is 0.124 e. The molecular formula is C21H34N4OSi. The molecule has 6 heteroatoms. The summed E-state index contributed by atoms with van der Waals surface area (Å²) in [5.74, 6) is 0. The predicted molar refractivity (Wildman–Crippen MR) is 115 cm³/mol. The van der Waals surface area contributed by atoms with Crippen molar-refractivity contribution in [3.63, 3.8) is 0 Å². The van der Waals surface area contributed by atoms with Crippen molar-refractivity contribution in [1.29, 1.82) is 0 Å². The summed E-state index contributed by atoms with van der Waals surface area (Å²) in [7, 11) is -1.04. The van der Waals surface area contributed by atoms with Gasteiger partial charge in [0.25, 0.3) is 0 Å². The van der Waals surface area contributed by atoms with Crippen LogP contribution in [-0.2, 0) is 11.5 Å². The number of ether oxygens (including phenoxy) is 1. The Hall–Kier alpha value is -1.37. The number of rotatable bonds is 6. The van der Waals surface area contributed by atoms with Gasteiger partial charge < -0.3 is 14.2 Å². The Morgan fingerprint density at radius 1 is 1.19 bits per heavy atom. The minimum absolute atomic E-state index is 0.597. The van der Waals surface area contributed by atoms with Gasteiger partial charge in [-0.2, -0.15) is 0 Å². The third-order valence-corrected chi connectivity index (χ3v) is 7.80. The molecule has 1 aromatic carbocycles. The standard InChI is InChI=1S/C21H34N4OSi/c1-17-12-19-21(25(15-22-19)16-26-10-11-27(2,3)4)13-20(17)24-9-8-23-7-5-6-18(23)14-24/h12-13,15,18H,5-11,14,16H2,1-4H3. The molecule has 27 heavy (non-hydrogen) atoms. The highest BCUT2D eigenvalue weighted by molar-refractivity contribution is 6.76. The zero-order valence-electron chi connectivity index (χ0n) is 17.4. The van der Waals surface area contributed by atoms with E-state index in [1.807, 2.05) is 6.33 Å². The first-order valence-corrected chi connectivity index (χ1v) is 14.1. The lowest BCUT2D eigenvalue weighted by Gasteiger charge is -2.39. The van der Waals surface area contributed by atoms with Crippen LogP contribution in [0.3, 0.4) is 0 Å². The van der Waals surface area contributed by atoms with Crippen LogP contribution in [-0.4, -0.2) is 61.4 Å². The van der Waals surface area contributed by atoms with Gasteiger partial charge in [0, 0.05) is 46.0 Å². The molecule has 0 spiro atoms. The van der Waals surface area contributed by atoms with E-state index in [1.54, 1.807) is 0 Å². The average Bonchev–Trinajstić information content (AvgIpc) is 3.23. The maximum absolute atomic E-state index is 5.97. The normalized spacial score (nSPS) is 21.2. The summed E-state index contributed by atoms with van der Waals surface area (Å²) in [6, 6.07) is 6.52. The molecule has 1 atom stereocenters. The zero-order valence-corrected chi connectivity index (χ0v) is 18.4. The fourth-order valence-corrected chi connectivity index (χ4v) is 5.15. The van der Waals surface area contributed by atoms with Crippen LogP contribution in [0, 0.1) is 6.92 Å². The first-order chi connectivity index (χ1) is 12.9. The Morgan fingerprint density at radius 2 is 2.04 bits per heavy atom. The van der Waals surface area contributed by atoms with Crippen molar-refractivity contribution in [2.24, 2.45) is 0 Å². The minimum Gasteiger partial charge on any atom is -0.368 e. The molecule has 0 bridgehead atoms. The van der Waals surface area contributed by atoms with Gasteiger partial charge in [0.15, 0.2) is 0 Å². The van der Waals surface area contributed by atoms with E-state index >= 15 is 0 Å². The number of aromatic nitrogens is 2. The number of anilines is 1. The van der Waals surface area contributed by atoms with Gasteiger partial charge in [-0.3, -0.25) is 4.90 Å². The summed E-state index contributed by atoms with van der Waals surface area (Å²) in [5.41, 5.74) is 4.97. The number of piperazine rings is 1. The number of imidazole rings is 1. The number of nitrogens with zero attached hydrogens (tertiary/aromatic N) is 4. The second-order valence-electron chi connectivity index (χ2n) is 9.47. The van der Waals surface area contributed by atoms with E-state index in [1.165, 1.54) is 48.7 Å². The molecule has 0 radical (unpaired) electrons. The van der Waals surface area contributed by atoms with Crippen molar-refractivity contribution >= 4 is 24.8 Å². The zero-order chi connectivity index (χ0) is 19.0. The molecule has 0 amide bonds. The Morgan fingerprint density at radius 3 is 2.85 bits per heavy atom. The third kappa shape index (κ3) is 4.23. The molecular weight excluding hydrogens is 352 g/mol. The Balaban J connectivity index is 1.49. The van der Waals surface area contributed by atoms with Gasteiger partial charge in [-0.1, -0.05) is 19.6 Å². The number of benzene rings is 1.